The van der Waals surface area contributed by atoms with Crippen LogP contribution in [0.1, 0.15) is 128 Å². The molecule has 4 heterocycles. The fourth-order valence-corrected chi connectivity index (χ4v) is 15.3. The highest BCUT2D eigenvalue weighted by Crippen LogP contribution is 2.65. The molecule has 0 aromatic heterocycles. The van der Waals surface area contributed by atoms with Crippen LogP contribution in [-0.2, 0) is 16.2 Å². The zero-order valence-electron chi connectivity index (χ0n) is 41.9. The molecule has 0 N–H and O–H groups in total. The molecule has 13 rings (SSSR count). The second-order valence-corrected chi connectivity index (χ2v) is 23.6. The topological polar surface area (TPSA) is 9.72 Å². The number of fused-ring (bicyclic) bond motifs is 10. The number of hydrogen-bond donors (Lipinski definition) is 0. The van der Waals surface area contributed by atoms with Crippen molar-refractivity contribution in [2.75, 3.05) is 14.7 Å². The summed E-state index contributed by atoms with van der Waals surface area (Å²) >= 11 is 0. The first-order valence-corrected chi connectivity index (χ1v) is 25.9. The van der Waals surface area contributed by atoms with E-state index >= 15 is 0 Å². The van der Waals surface area contributed by atoms with E-state index in [1.807, 2.05) is 0 Å². The summed E-state index contributed by atoms with van der Waals surface area (Å²) in [5, 5.41) is 0. The number of anilines is 7. The molecule has 0 bridgehead atoms. The highest BCUT2D eigenvalue weighted by Gasteiger charge is 2.63. The van der Waals surface area contributed by atoms with E-state index in [1.165, 1.54) is 146 Å². The van der Waals surface area contributed by atoms with Crippen LogP contribution in [-0.4, -0.2) is 17.8 Å². The normalized spacial score (nSPS) is 25.1. The van der Waals surface area contributed by atoms with E-state index in [9.17, 15) is 0 Å². The highest BCUT2D eigenvalue weighted by molar-refractivity contribution is 7.00. The summed E-state index contributed by atoms with van der Waals surface area (Å²) in [6, 6.07) is 54.3. The van der Waals surface area contributed by atoms with Crippen molar-refractivity contribution >= 4 is 62.9 Å². The Bertz CT molecular complexity index is 3240. The van der Waals surface area contributed by atoms with Gasteiger partial charge >= 0.3 is 0 Å². The third kappa shape index (κ3) is 5.44. The molecule has 7 aromatic rings. The van der Waals surface area contributed by atoms with Gasteiger partial charge in [0.25, 0.3) is 6.71 Å². The Morgan fingerprint density at radius 1 is 0.471 bits per heavy atom. The molecule has 2 aliphatic carbocycles. The van der Waals surface area contributed by atoms with Gasteiger partial charge in [-0.15, -0.1) is 0 Å². The van der Waals surface area contributed by atoms with Gasteiger partial charge in [0.15, 0.2) is 0 Å². The molecule has 4 unspecified atom stereocenters. The van der Waals surface area contributed by atoms with Crippen molar-refractivity contribution in [1.82, 2.24) is 0 Å². The summed E-state index contributed by atoms with van der Waals surface area (Å²) in [4.78, 5) is 8.51. The van der Waals surface area contributed by atoms with Crippen LogP contribution < -0.4 is 31.1 Å². The van der Waals surface area contributed by atoms with E-state index in [2.05, 4.69) is 217 Å². The minimum Gasteiger partial charge on any atom is -0.335 e. The maximum Gasteiger partial charge on any atom is 0.252 e. The maximum absolute atomic E-state index is 2.96. The quantitative estimate of drug-likeness (QED) is 0.163. The van der Waals surface area contributed by atoms with Crippen molar-refractivity contribution in [3.63, 3.8) is 0 Å². The molecule has 340 valence electrons. The lowest BCUT2D eigenvalue weighted by atomic mass is 9.32. The van der Waals surface area contributed by atoms with Crippen LogP contribution in [0, 0.1) is 13.8 Å². The van der Waals surface area contributed by atoms with Gasteiger partial charge in [-0.25, -0.2) is 0 Å². The van der Waals surface area contributed by atoms with Gasteiger partial charge in [0.1, 0.15) is 0 Å². The predicted octanol–water partition coefficient (Wildman–Crippen LogP) is 15.0. The molecule has 0 amide bonds. The largest absolute Gasteiger partial charge is 0.335 e. The summed E-state index contributed by atoms with van der Waals surface area (Å²) in [7, 11) is 0. The molecule has 2 saturated carbocycles. The Labute approximate surface area is 406 Å². The van der Waals surface area contributed by atoms with Crippen molar-refractivity contribution in [3.8, 4) is 22.3 Å². The standard InChI is InChI=1S/C64H66BN3/c1-41-35-42(2)57-59-56(41)62(7)32-17-19-34-64(62,9)68(59)55-40-49(67-52-30-28-47(60(3,4)5)38-50(52)61(6)31-16-18-33-63(61,67)8)39-54-58(55)65(57)51-29-27-46(44-23-14-11-15-24-44)37-53(51)66(54)48-26-20-25-45(36-48)43-21-12-10-13-22-43/h10-15,20-30,35-40H,16-19,31-34H2,1-9H3. The molecule has 2 fully saturated rings. The zero-order chi connectivity index (χ0) is 46.7. The monoisotopic (exact) mass is 888 g/mol. The van der Waals surface area contributed by atoms with Crippen LogP contribution in [0.2, 0.25) is 0 Å². The van der Waals surface area contributed by atoms with Gasteiger partial charge in [-0.3, -0.25) is 0 Å². The van der Waals surface area contributed by atoms with Gasteiger partial charge in [-0.2, -0.15) is 0 Å². The van der Waals surface area contributed by atoms with Crippen molar-refractivity contribution in [2.24, 2.45) is 0 Å². The smallest absolute Gasteiger partial charge is 0.252 e. The fraction of sp³-hybridized carbons (Fsp3) is 0.344. The van der Waals surface area contributed by atoms with Crippen LogP contribution in [0.25, 0.3) is 22.3 Å². The Morgan fingerprint density at radius 3 is 1.78 bits per heavy atom. The van der Waals surface area contributed by atoms with Gasteiger partial charge < -0.3 is 14.7 Å². The Kier molecular flexibility index (Phi) is 8.85. The molecule has 0 saturated heterocycles. The molecule has 68 heavy (non-hydrogen) atoms. The average molecular weight is 888 g/mol. The van der Waals surface area contributed by atoms with Crippen LogP contribution in [0.15, 0.2) is 140 Å². The lowest BCUT2D eigenvalue weighted by molar-refractivity contribution is 0.193. The predicted molar refractivity (Wildman–Crippen MR) is 290 cm³/mol. The summed E-state index contributed by atoms with van der Waals surface area (Å²) in [5.41, 5.74) is 26.1. The maximum atomic E-state index is 2.96. The van der Waals surface area contributed by atoms with Crippen molar-refractivity contribution < 1.29 is 0 Å². The fourth-order valence-electron chi connectivity index (χ4n) is 15.3. The van der Waals surface area contributed by atoms with Gasteiger partial charge in [0.05, 0.1) is 11.1 Å². The summed E-state index contributed by atoms with van der Waals surface area (Å²) in [6.07, 6.45) is 9.80. The first-order valence-electron chi connectivity index (χ1n) is 25.9. The van der Waals surface area contributed by atoms with E-state index in [4.69, 9.17) is 0 Å². The number of hydrogen-bond acceptors (Lipinski definition) is 3. The van der Waals surface area contributed by atoms with Crippen molar-refractivity contribution in [1.29, 1.82) is 0 Å². The molecule has 6 aliphatic rings. The molecule has 7 aromatic carbocycles. The number of aryl methyl sites for hydroxylation is 2. The summed E-state index contributed by atoms with van der Waals surface area (Å²) in [6.45, 7) is 22.6. The zero-order valence-corrected chi connectivity index (χ0v) is 41.9. The Balaban J connectivity index is 1.16. The first kappa shape index (κ1) is 42.1. The molecular formula is C64H66BN3. The number of benzene rings is 7. The van der Waals surface area contributed by atoms with Gasteiger partial charge in [-0.05, 0) is 156 Å². The van der Waals surface area contributed by atoms with Crippen LogP contribution in [0.3, 0.4) is 0 Å². The first-order chi connectivity index (χ1) is 32.7. The molecule has 0 spiro atoms. The number of rotatable bonds is 4. The van der Waals surface area contributed by atoms with Crippen molar-refractivity contribution in [3.05, 3.63) is 167 Å². The van der Waals surface area contributed by atoms with Gasteiger partial charge in [-0.1, -0.05) is 169 Å². The van der Waals surface area contributed by atoms with E-state index in [0.717, 1.165) is 6.42 Å². The molecule has 3 nitrogen and oxygen atoms in total. The van der Waals surface area contributed by atoms with Gasteiger partial charge in [0.2, 0.25) is 0 Å². The van der Waals surface area contributed by atoms with E-state index in [-0.39, 0.29) is 34.0 Å². The molecule has 4 atom stereocenters. The van der Waals surface area contributed by atoms with Crippen molar-refractivity contribution in [2.45, 2.75) is 141 Å². The Hall–Kier alpha value is -6.00. The summed E-state index contributed by atoms with van der Waals surface area (Å²) < 4.78 is 0. The Morgan fingerprint density at radius 2 is 1.09 bits per heavy atom. The molecule has 0 radical (unpaired) electrons. The lowest BCUT2D eigenvalue weighted by Crippen LogP contribution is -2.65. The second-order valence-electron chi connectivity index (χ2n) is 23.6. The van der Waals surface area contributed by atoms with Gasteiger partial charge in [0, 0.05) is 50.6 Å². The van der Waals surface area contributed by atoms with E-state index < -0.39 is 0 Å². The van der Waals surface area contributed by atoms with Crippen LogP contribution >= 0.6 is 0 Å². The lowest BCUT2D eigenvalue weighted by Gasteiger charge is -2.54. The third-order valence-electron chi connectivity index (χ3n) is 19.1. The molecular weight excluding hydrogens is 822 g/mol. The third-order valence-corrected chi connectivity index (χ3v) is 19.1. The molecule has 4 aliphatic heterocycles. The second kappa shape index (κ2) is 14.3. The highest BCUT2D eigenvalue weighted by atomic mass is 15.3. The minimum absolute atomic E-state index is 0.00790. The number of nitrogens with zero attached hydrogens (tertiary/aromatic N) is 3. The van der Waals surface area contributed by atoms with E-state index in [1.54, 1.807) is 5.56 Å². The average Bonchev–Trinajstić information content (AvgIpc) is 3.69. The SMILES string of the molecule is Cc1cc(C)c2c3c1B1c4ccc(-c5ccccc5)cc4N(c4cccc(-c5ccccc5)c4)c4cc(N5c6ccc(C(C)(C)C)cc6C6(C)CCCCC56C)cc(c41)N3C1(C)CCCCC21C. The summed E-state index contributed by atoms with van der Waals surface area (Å²) in [5.74, 6) is 0. The van der Waals surface area contributed by atoms with Crippen LogP contribution in [0.4, 0.5) is 39.8 Å². The van der Waals surface area contributed by atoms with Crippen LogP contribution in [0.5, 0.6) is 0 Å². The molecule has 4 heteroatoms. The van der Waals surface area contributed by atoms with E-state index in [0.29, 0.717) is 0 Å². The minimum atomic E-state index is -0.102.